The molecule has 1 heterocycles. The van der Waals surface area contributed by atoms with Gasteiger partial charge in [0.15, 0.2) is 0 Å². The number of carbonyl (C=O) groups excluding carboxylic acids is 2. The van der Waals surface area contributed by atoms with Crippen molar-refractivity contribution in [3.05, 3.63) is 59.9 Å². The van der Waals surface area contributed by atoms with Gasteiger partial charge < -0.3 is 15.5 Å². The fraction of sp³-hybridized carbons (Fsp3) is 0.300. The molecule has 26 heavy (non-hydrogen) atoms. The van der Waals surface area contributed by atoms with Crippen molar-refractivity contribution in [1.82, 2.24) is 5.32 Å². The van der Waals surface area contributed by atoms with Crippen LogP contribution in [-0.2, 0) is 4.79 Å². The van der Waals surface area contributed by atoms with Gasteiger partial charge in [0.2, 0.25) is 5.91 Å². The summed E-state index contributed by atoms with van der Waals surface area (Å²) in [7, 11) is 0. The van der Waals surface area contributed by atoms with Crippen molar-refractivity contribution in [2.24, 2.45) is 0 Å². The normalized spacial score (nSPS) is 14.8. The molecule has 0 aromatic heterocycles. The molecule has 1 aliphatic rings. The number of para-hydroxylation sites is 1. The Balaban J connectivity index is 1.58. The second-order valence-electron chi connectivity index (χ2n) is 6.41. The molecule has 6 heteroatoms. The van der Waals surface area contributed by atoms with Crippen molar-refractivity contribution >= 4 is 23.2 Å². The van der Waals surface area contributed by atoms with E-state index in [0.717, 1.165) is 18.8 Å². The molecule has 2 amide bonds. The van der Waals surface area contributed by atoms with Crippen LogP contribution in [0, 0.1) is 5.82 Å². The minimum atomic E-state index is -0.791. The summed E-state index contributed by atoms with van der Waals surface area (Å²) in [5, 5.41) is 5.12. The topological polar surface area (TPSA) is 61.4 Å². The third kappa shape index (κ3) is 4.20. The van der Waals surface area contributed by atoms with E-state index in [1.165, 1.54) is 25.0 Å². The SMILES string of the molecule is CC(NC(=O)c1ccc(N2CCCC2)cc1)C(=O)Nc1ccccc1F. The molecule has 0 bridgehead atoms. The predicted octanol–water partition coefficient (Wildman–Crippen LogP) is 3.18. The molecule has 1 aliphatic heterocycles. The summed E-state index contributed by atoms with van der Waals surface area (Å²) in [4.78, 5) is 26.8. The standard InChI is InChI=1S/C20H22FN3O2/c1-14(19(25)23-18-7-3-2-6-17(18)21)22-20(26)15-8-10-16(11-9-15)24-12-4-5-13-24/h2-3,6-11,14H,4-5,12-13H2,1H3,(H,22,26)(H,23,25). The molecule has 1 fully saturated rings. The predicted molar refractivity (Wildman–Crippen MR) is 99.8 cm³/mol. The summed E-state index contributed by atoms with van der Waals surface area (Å²) in [6, 6.07) is 12.5. The Morgan fingerprint density at radius 2 is 1.69 bits per heavy atom. The highest BCUT2D eigenvalue weighted by Crippen LogP contribution is 2.20. The number of nitrogens with zero attached hydrogens (tertiary/aromatic N) is 1. The molecule has 3 rings (SSSR count). The van der Waals surface area contributed by atoms with E-state index in [0.29, 0.717) is 5.56 Å². The Bertz CT molecular complexity index is 786. The Kier molecular flexibility index (Phi) is 5.51. The van der Waals surface area contributed by atoms with Gasteiger partial charge in [0.1, 0.15) is 11.9 Å². The lowest BCUT2D eigenvalue weighted by Crippen LogP contribution is -2.41. The lowest BCUT2D eigenvalue weighted by atomic mass is 10.1. The van der Waals surface area contributed by atoms with Gasteiger partial charge in [-0.15, -0.1) is 0 Å². The molecule has 136 valence electrons. The number of rotatable bonds is 5. The average molecular weight is 355 g/mol. The molecule has 0 spiro atoms. The van der Waals surface area contributed by atoms with Crippen molar-refractivity contribution in [3.8, 4) is 0 Å². The van der Waals surface area contributed by atoms with Gasteiger partial charge in [0.25, 0.3) is 5.91 Å². The van der Waals surface area contributed by atoms with Crippen LogP contribution in [0.2, 0.25) is 0 Å². The summed E-state index contributed by atoms with van der Waals surface area (Å²) in [6.07, 6.45) is 2.38. The minimum absolute atomic E-state index is 0.0913. The van der Waals surface area contributed by atoms with E-state index in [1.54, 1.807) is 31.2 Å². The van der Waals surface area contributed by atoms with Gasteiger partial charge in [-0.2, -0.15) is 0 Å². The Labute approximate surface area is 152 Å². The zero-order chi connectivity index (χ0) is 18.5. The van der Waals surface area contributed by atoms with Crippen molar-refractivity contribution in [2.45, 2.75) is 25.8 Å². The Hall–Kier alpha value is -2.89. The largest absolute Gasteiger partial charge is 0.372 e. The van der Waals surface area contributed by atoms with Crippen molar-refractivity contribution in [2.75, 3.05) is 23.3 Å². The van der Waals surface area contributed by atoms with Gasteiger partial charge in [-0.05, 0) is 56.2 Å². The number of carbonyl (C=O) groups is 2. The first-order valence-corrected chi connectivity index (χ1v) is 8.76. The van der Waals surface area contributed by atoms with Gasteiger partial charge >= 0.3 is 0 Å². The number of anilines is 2. The third-order valence-corrected chi connectivity index (χ3v) is 4.47. The molecular weight excluding hydrogens is 333 g/mol. The molecule has 1 unspecified atom stereocenters. The highest BCUT2D eigenvalue weighted by molar-refractivity contribution is 6.01. The van der Waals surface area contributed by atoms with Crippen molar-refractivity contribution in [1.29, 1.82) is 0 Å². The van der Waals surface area contributed by atoms with Crippen molar-refractivity contribution in [3.63, 3.8) is 0 Å². The van der Waals surface area contributed by atoms with Gasteiger partial charge in [0, 0.05) is 24.3 Å². The molecule has 0 aliphatic carbocycles. The van der Waals surface area contributed by atoms with E-state index in [2.05, 4.69) is 15.5 Å². The lowest BCUT2D eigenvalue weighted by molar-refractivity contribution is -0.117. The van der Waals surface area contributed by atoms with E-state index in [1.807, 2.05) is 12.1 Å². The first-order chi connectivity index (χ1) is 12.5. The molecular formula is C20H22FN3O2. The zero-order valence-corrected chi connectivity index (χ0v) is 14.7. The van der Waals surface area contributed by atoms with Gasteiger partial charge in [0.05, 0.1) is 5.69 Å². The third-order valence-electron chi connectivity index (χ3n) is 4.47. The zero-order valence-electron chi connectivity index (χ0n) is 14.7. The number of nitrogens with one attached hydrogen (secondary N) is 2. The van der Waals surface area contributed by atoms with Crippen LogP contribution in [0.25, 0.3) is 0 Å². The van der Waals surface area contributed by atoms with Gasteiger partial charge in [-0.25, -0.2) is 4.39 Å². The Morgan fingerprint density at radius 3 is 2.35 bits per heavy atom. The second kappa shape index (κ2) is 7.99. The van der Waals surface area contributed by atoms with Crippen LogP contribution in [0.3, 0.4) is 0 Å². The van der Waals surface area contributed by atoms with Gasteiger partial charge in [-0.3, -0.25) is 9.59 Å². The maximum Gasteiger partial charge on any atom is 0.251 e. The summed E-state index contributed by atoms with van der Waals surface area (Å²) in [5.41, 5.74) is 1.68. The average Bonchev–Trinajstić information content (AvgIpc) is 3.18. The van der Waals surface area contributed by atoms with E-state index < -0.39 is 17.8 Å². The first kappa shape index (κ1) is 17.9. The van der Waals surface area contributed by atoms with Gasteiger partial charge in [-0.1, -0.05) is 12.1 Å². The summed E-state index contributed by atoms with van der Waals surface area (Å²) in [5.74, 6) is -1.33. The summed E-state index contributed by atoms with van der Waals surface area (Å²) in [6.45, 7) is 3.64. The van der Waals surface area contributed by atoms with Crippen molar-refractivity contribution < 1.29 is 14.0 Å². The minimum Gasteiger partial charge on any atom is -0.372 e. The van der Waals surface area contributed by atoms with Crippen LogP contribution in [-0.4, -0.2) is 30.9 Å². The maximum absolute atomic E-state index is 13.6. The fourth-order valence-corrected chi connectivity index (χ4v) is 2.95. The van der Waals surface area contributed by atoms with Crippen LogP contribution >= 0.6 is 0 Å². The highest BCUT2D eigenvalue weighted by atomic mass is 19.1. The van der Waals surface area contributed by atoms with E-state index in [4.69, 9.17) is 0 Å². The summed E-state index contributed by atoms with van der Waals surface area (Å²) >= 11 is 0. The van der Waals surface area contributed by atoms with Crippen LogP contribution < -0.4 is 15.5 Å². The molecule has 1 saturated heterocycles. The highest BCUT2D eigenvalue weighted by Gasteiger charge is 2.18. The number of halogens is 1. The van der Waals surface area contributed by atoms with E-state index in [9.17, 15) is 14.0 Å². The number of amides is 2. The van der Waals surface area contributed by atoms with Crippen LogP contribution in [0.15, 0.2) is 48.5 Å². The molecule has 5 nitrogen and oxygen atoms in total. The molecule has 0 saturated carbocycles. The monoisotopic (exact) mass is 355 g/mol. The first-order valence-electron chi connectivity index (χ1n) is 8.76. The Morgan fingerprint density at radius 1 is 1.04 bits per heavy atom. The van der Waals surface area contributed by atoms with Crippen LogP contribution in [0.1, 0.15) is 30.1 Å². The number of benzene rings is 2. The number of hydrogen-bond donors (Lipinski definition) is 2. The lowest BCUT2D eigenvalue weighted by Gasteiger charge is -2.18. The smallest absolute Gasteiger partial charge is 0.251 e. The molecule has 2 aromatic carbocycles. The molecule has 2 aromatic rings. The molecule has 1 atom stereocenters. The summed E-state index contributed by atoms with van der Waals surface area (Å²) < 4.78 is 13.6. The van der Waals surface area contributed by atoms with Crippen LogP contribution in [0.5, 0.6) is 0 Å². The fourth-order valence-electron chi connectivity index (χ4n) is 2.95. The quantitative estimate of drug-likeness (QED) is 0.866. The molecule has 2 N–H and O–H groups in total. The van der Waals surface area contributed by atoms with E-state index >= 15 is 0 Å². The van der Waals surface area contributed by atoms with Crippen LogP contribution in [0.4, 0.5) is 15.8 Å². The number of hydrogen-bond acceptors (Lipinski definition) is 3. The second-order valence-corrected chi connectivity index (χ2v) is 6.41. The van der Waals surface area contributed by atoms with E-state index in [-0.39, 0.29) is 11.6 Å². The molecule has 0 radical (unpaired) electrons. The maximum atomic E-state index is 13.6.